The van der Waals surface area contributed by atoms with Crippen LogP contribution >= 0.6 is 11.6 Å². The van der Waals surface area contributed by atoms with Gasteiger partial charge in [0.1, 0.15) is 0 Å². The van der Waals surface area contributed by atoms with E-state index in [1.54, 1.807) is 44.2 Å². The minimum Gasteiger partial charge on any atom is -0.290 e. The highest BCUT2D eigenvalue weighted by Crippen LogP contribution is 2.45. The van der Waals surface area contributed by atoms with Gasteiger partial charge in [-0.15, -0.1) is 0 Å². The number of carbonyl (C=O) groups excluding carboxylic acids is 1. The predicted molar refractivity (Wildman–Crippen MR) is 129 cm³/mol. The first kappa shape index (κ1) is 24.7. The molecule has 0 saturated carbocycles. The molecule has 34 heavy (non-hydrogen) atoms. The number of hydrazone groups is 1. The second-order valence-electron chi connectivity index (χ2n) is 8.94. The van der Waals surface area contributed by atoms with Crippen LogP contribution in [0.2, 0.25) is 5.02 Å². The van der Waals surface area contributed by atoms with Gasteiger partial charge in [-0.25, -0.2) is 0 Å². The van der Waals surface area contributed by atoms with Gasteiger partial charge < -0.3 is 0 Å². The molecule has 0 spiro atoms. The van der Waals surface area contributed by atoms with Crippen molar-refractivity contribution in [1.82, 2.24) is 5.43 Å². The number of alkyl halides is 3. The number of nitrogens with zero attached hydrogens (tertiary/aromatic N) is 1. The fraction of sp³-hybridized carbons (Fsp3) is 0.360. The number of allylic oxidation sites excluding steroid dienone is 2. The lowest BCUT2D eigenvalue weighted by Gasteiger charge is -2.32. The van der Waals surface area contributed by atoms with Gasteiger partial charge in [0, 0.05) is 39.3 Å². The van der Waals surface area contributed by atoms with Gasteiger partial charge in [0.2, 0.25) is 0 Å². The molecule has 1 N–H and O–H groups in total. The van der Waals surface area contributed by atoms with Gasteiger partial charge in [0.15, 0.2) is 11.3 Å². The van der Waals surface area contributed by atoms with Crippen LogP contribution in [0, 0.1) is 19.8 Å². The minimum absolute atomic E-state index is 0.00713. The zero-order valence-electron chi connectivity index (χ0n) is 18.7. The molecule has 0 aromatic heterocycles. The standard InChI is InChI=1S/C25H24ClF3N2O2S/c1-15-8-19(11-20(26)9-15)24(25(27,28)29)12-22(30-31-24)18-6-7-21(16(2)10-18)23(32)5-3-4-17-13-34(33)14-17/h3,5-11,17,31H,4,12-14H2,1-2H3/b5-3+. The van der Waals surface area contributed by atoms with Crippen molar-refractivity contribution in [2.75, 3.05) is 11.5 Å². The van der Waals surface area contributed by atoms with Gasteiger partial charge in [-0.3, -0.25) is 14.4 Å². The van der Waals surface area contributed by atoms with E-state index in [0.29, 0.717) is 46.1 Å². The smallest absolute Gasteiger partial charge is 0.290 e. The Labute approximate surface area is 203 Å². The van der Waals surface area contributed by atoms with E-state index in [1.165, 1.54) is 18.2 Å². The quantitative estimate of drug-likeness (QED) is 0.407. The van der Waals surface area contributed by atoms with E-state index in [2.05, 4.69) is 10.5 Å². The average Bonchev–Trinajstić information content (AvgIpc) is 3.18. The molecule has 180 valence electrons. The topological polar surface area (TPSA) is 58.5 Å². The molecule has 2 aromatic carbocycles. The summed E-state index contributed by atoms with van der Waals surface area (Å²) in [5, 5.41) is 4.28. The van der Waals surface area contributed by atoms with E-state index >= 15 is 0 Å². The van der Waals surface area contributed by atoms with Crippen LogP contribution < -0.4 is 5.43 Å². The second-order valence-corrected chi connectivity index (χ2v) is 10.9. The molecule has 0 bridgehead atoms. The third kappa shape index (κ3) is 4.84. The predicted octanol–water partition coefficient (Wildman–Crippen LogP) is 5.62. The SMILES string of the molecule is Cc1cc(Cl)cc(C2(C(F)(F)F)CC(c3ccc(C(=O)/C=C/CC4CS(=O)C4)c(C)c3)=NN2)c1. The molecule has 4 nitrogen and oxygen atoms in total. The zero-order valence-corrected chi connectivity index (χ0v) is 20.3. The van der Waals surface area contributed by atoms with Gasteiger partial charge in [0.25, 0.3) is 0 Å². The molecule has 1 unspecified atom stereocenters. The molecule has 0 aliphatic carbocycles. The Bertz CT molecular complexity index is 1200. The Hall–Kier alpha value is -2.45. The average molecular weight is 509 g/mol. The fourth-order valence-electron chi connectivity index (χ4n) is 4.33. The molecule has 2 aliphatic heterocycles. The molecular formula is C25H24ClF3N2O2S. The Balaban J connectivity index is 1.53. The highest BCUT2D eigenvalue weighted by atomic mass is 35.5. The van der Waals surface area contributed by atoms with Crippen LogP contribution in [-0.2, 0) is 16.3 Å². The van der Waals surface area contributed by atoms with Gasteiger partial charge in [-0.2, -0.15) is 18.3 Å². The number of hydrogen-bond acceptors (Lipinski definition) is 4. The maximum Gasteiger partial charge on any atom is 0.417 e. The molecule has 1 saturated heterocycles. The van der Waals surface area contributed by atoms with Crippen molar-refractivity contribution in [2.24, 2.45) is 11.0 Å². The number of halogens is 4. The Morgan fingerprint density at radius 3 is 2.59 bits per heavy atom. The van der Waals surface area contributed by atoms with Crippen LogP contribution in [0.15, 0.2) is 53.7 Å². The first-order valence-electron chi connectivity index (χ1n) is 10.8. The van der Waals surface area contributed by atoms with E-state index in [1.807, 2.05) is 0 Å². The number of aryl methyl sites for hydroxylation is 2. The highest BCUT2D eigenvalue weighted by Gasteiger charge is 2.59. The number of hydrogen-bond donors (Lipinski definition) is 1. The molecular weight excluding hydrogens is 485 g/mol. The number of nitrogens with one attached hydrogen (secondary N) is 1. The molecule has 0 amide bonds. The summed E-state index contributed by atoms with van der Waals surface area (Å²) in [5.41, 5.74) is 2.51. The van der Waals surface area contributed by atoms with E-state index < -0.39 is 28.9 Å². The summed E-state index contributed by atoms with van der Waals surface area (Å²) in [4.78, 5) is 12.6. The number of benzene rings is 2. The van der Waals surface area contributed by atoms with Crippen LogP contribution in [-0.4, -0.2) is 33.4 Å². The van der Waals surface area contributed by atoms with Crippen molar-refractivity contribution >= 4 is 33.9 Å². The molecule has 2 heterocycles. The first-order valence-corrected chi connectivity index (χ1v) is 12.7. The third-order valence-corrected chi connectivity index (χ3v) is 8.14. The minimum atomic E-state index is -4.61. The van der Waals surface area contributed by atoms with Gasteiger partial charge in [-0.1, -0.05) is 35.9 Å². The summed E-state index contributed by atoms with van der Waals surface area (Å²) in [5.74, 6) is 1.54. The largest absolute Gasteiger partial charge is 0.417 e. The maximum atomic E-state index is 14.3. The van der Waals surface area contributed by atoms with Crippen molar-refractivity contribution in [3.8, 4) is 0 Å². The van der Waals surface area contributed by atoms with Crippen LogP contribution in [0.5, 0.6) is 0 Å². The lowest BCUT2D eigenvalue weighted by molar-refractivity contribution is -0.196. The van der Waals surface area contributed by atoms with Crippen molar-refractivity contribution in [3.05, 3.63) is 81.4 Å². The van der Waals surface area contributed by atoms with Crippen molar-refractivity contribution in [3.63, 3.8) is 0 Å². The molecule has 1 atom stereocenters. The Morgan fingerprint density at radius 1 is 1.24 bits per heavy atom. The summed E-state index contributed by atoms with van der Waals surface area (Å²) in [7, 11) is -0.718. The molecule has 2 aromatic rings. The molecule has 9 heteroatoms. The van der Waals surface area contributed by atoms with Gasteiger partial charge >= 0.3 is 6.18 Å². The zero-order chi connectivity index (χ0) is 24.7. The number of rotatable bonds is 6. The monoisotopic (exact) mass is 508 g/mol. The summed E-state index contributed by atoms with van der Waals surface area (Å²) < 4.78 is 54.0. The summed E-state index contributed by atoms with van der Waals surface area (Å²) in [6.45, 7) is 3.44. The normalized spacial score (nSPS) is 24.6. The van der Waals surface area contributed by atoms with Crippen LogP contribution in [0.4, 0.5) is 13.2 Å². The lowest BCUT2D eigenvalue weighted by atomic mass is 9.83. The van der Waals surface area contributed by atoms with E-state index in [-0.39, 0.29) is 22.1 Å². The Kier molecular flexibility index (Phi) is 6.75. The summed E-state index contributed by atoms with van der Waals surface area (Å²) in [6.07, 6.45) is -0.996. The molecule has 1 fully saturated rings. The summed E-state index contributed by atoms with van der Waals surface area (Å²) in [6, 6.07) is 9.31. The van der Waals surface area contributed by atoms with Crippen molar-refractivity contribution in [2.45, 2.75) is 38.4 Å². The molecule has 2 aliphatic rings. The van der Waals surface area contributed by atoms with Crippen molar-refractivity contribution in [1.29, 1.82) is 0 Å². The van der Waals surface area contributed by atoms with Gasteiger partial charge in [0.05, 0.1) is 5.71 Å². The van der Waals surface area contributed by atoms with E-state index in [9.17, 15) is 22.2 Å². The summed E-state index contributed by atoms with van der Waals surface area (Å²) >= 11 is 6.05. The van der Waals surface area contributed by atoms with E-state index in [4.69, 9.17) is 11.6 Å². The highest BCUT2D eigenvalue weighted by molar-refractivity contribution is 7.86. The van der Waals surface area contributed by atoms with Crippen LogP contribution in [0.25, 0.3) is 0 Å². The van der Waals surface area contributed by atoms with Crippen LogP contribution in [0.1, 0.15) is 45.5 Å². The lowest BCUT2D eigenvalue weighted by Crippen LogP contribution is -2.49. The fourth-order valence-corrected chi connectivity index (χ4v) is 5.84. The number of ketones is 1. The molecule has 0 radical (unpaired) electrons. The van der Waals surface area contributed by atoms with Crippen LogP contribution in [0.3, 0.4) is 0 Å². The second kappa shape index (κ2) is 9.30. The third-order valence-electron chi connectivity index (χ3n) is 6.24. The van der Waals surface area contributed by atoms with E-state index in [0.717, 1.165) is 0 Å². The number of carbonyl (C=O) groups is 1. The maximum absolute atomic E-state index is 14.3. The first-order chi connectivity index (χ1) is 16.0. The Morgan fingerprint density at radius 2 is 1.97 bits per heavy atom. The molecule has 4 rings (SSSR count). The van der Waals surface area contributed by atoms with Crippen molar-refractivity contribution < 1.29 is 22.2 Å². The van der Waals surface area contributed by atoms with Gasteiger partial charge in [-0.05, 0) is 72.7 Å².